The Morgan fingerprint density at radius 2 is 0.714 bits per heavy atom. The zero-order chi connectivity index (χ0) is 11.2. The summed E-state index contributed by atoms with van der Waals surface area (Å²) in [6.07, 6.45) is -0.333. The first-order valence-electron chi connectivity index (χ1n) is 4.54. The SMILES string of the molecule is [3H]C([CH2-])C.[3H]C([CH2-])C.[CH2-]C.[CH2-]C.[Y].[Y].[Y].[Y]. The van der Waals surface area contributed by atoms with Crippen molar-refractivity contribution in [3.8, 4) is 0 Å². The van der Waals surface area contributed by atoms with Crippen molar-refractivity contribution in [2.45, 2.75) is 40.5 Å². The van der Waals surface area contributed by atoms with Gasteiger partial charge in [0.25, 0.3) is 0 Å². The molecule has 2 unspecified atom stereocenters. The summed E-state index contributed by atoms with van der Waals surface area (Å²) in [6, 6.07) is 0. The van der Waals surface area contributed by atoms with E-state index in [1.807, 2.05) is 0 Å². The van der Waals surface area contributed by atoms with Crippen LogP contribution in [-0.4, -0.2) is 0 Å². The molecule has 0 aromatic heterocycles. The van der Waals surface area contributed by atoms with Crippen LogP contribution in [0.25, 0.3) is 0 Å². The quantitative estimate of drug-likeness (QED) is 0.436. The zero-order valence-electron chi connectivity index (χ0n) is 12.3. The average Bonchev–Trinajstić information content (AvgIpc) is 1.93. The Hall–Kier alpha value is 4.42. The molecule has 0 fully saturated rings. The minimum Gasteiger partial charge on any atom is -0.346 e. The van der Waals surface area contributed by atoms with Crippen molar-refractivity contribution in [2.24, 2.45) is 0 Å². The number of hydrogen-bond acceptors (Lipinski definition) is 0. The van der Waals surface area contributed by atoms with Crippen molar-refractivity contribution in [1.82, 2.24) is 0 Å². The molecular formula is C10H24Y4-4. The van der Waals surface area contributed by atoms with Crippen LogP contribution in [0, 0.1) is 27.7 Å². The maximum Gasteiger partial charge on any atom is 0 e. The molecule has 0 saturated carbocycles. The Kier molecular flexibility index (Phi) is 295. The van der Waals surface area contributed by atoms with E-state index in [0.717, 1.165) is 0 Å². The molecule has 0 rings (SSSR count). The predicted molar refractivity (Wildman–Crippen MR) is 53.4 cm³/mol. The van der Waals surface area contributed by atoms with Gasteiger partial charge in [0.2, 0.25) is 0 Å². The molecule has 0 aliphatic carbocycles. The second kappa shape index (κ2) is 114. The molecule has 80 valence electrons. The van der Waals surface area contributed by atoms with E-state index in [0.29, 0.717) is 0 Å². The molecule has 0 bridgehead atoms. The first-order chi connectivity index (χ1) is 5.46. The summed E-state index contributed by atoms with van der Waals surface area (Å²) in [6.45, 7) is 20.1. The van der Waals surface area contributed by atoms with Gasteiger partial charge in [0.15, 0.2) is 0 Å². The standard InChI is InChI=1S/2C3H7.2C2H5.4Y/c2*1-3-2;2*1-2;;;;/h2*1,3H2,2H3;2*1H2,2H3;;;;/q4*-1;;;;/i2*3T;;;;;;. The summed E-state index contributed by atoms with van der Waals surface area (Å²) >= 11 is 0. The van der Waals surface area contributed by atoms with Crippen molar-refractivity contribution < 1.29 is 134 Å². The summed E-state index contributed by atoms with van der Waals surface area (Å²) in [5.41, 5.74) is 0. The summed E-state index contributed by atoms with van der Waals surface area (Å²) in [5.74, 6) is 0. The van der Waals surface area contributed by atoms with E-state index in [1.54, 1.807) is 27.7 Å². The molecule has 0 aromatic rings. The van der Waals surface area contributed by atoms with Gasteiger partial charge in [-0.25, -0.2) is 0 Å². The molecule has 0 aliphatic heterocycles. The van der Waals surface area contributed by atoms with Crippen LogP contribution in [0.3, 0.4) is 0 Å². The van der Waals surface area contributed by atoms with Gasteiger partial charge in [-0.1, -0.05) is 13.8 Å². The topological polar surface area (TPSA) is 0 Å². The first-order valence-corrected chi connectivity index (χ1v) is 3.39. The maximum atomic E-state index is 6.47. The zero-order valence-corrected chi connectivity index (χ0v) is 21.6. The minimum absolute atomic E-state index is 0. The minimum atomic E-state index is -0.167. The van der Waals surface area contributed by atoms with E-state index in [-0.39, 0.29) is 144 Å². The molecule has 0 spiro atoms. The summed E-state index contributed by atoms with van der Waals surface area (Å²) in [7, 11) is 0. The van der Waals surface area contributed by atoms with Crippen LogP contribution in [0.2, 0.25) is 0 Å². The van der Waals surface area contributed by atoms with Crippen molar-refractivity contribution >= 4 is 0 Å². The van der Waals surface area contributed by atoms with Gasteiger partial charge in [-0.15, -0.1) is 0 Å². The normalized spacial score (nSPS) is 10.0. The summed E-state index contributed by atoms with van der Waals surface area (Å²) in [4.78, 5) is 0. The van der Waals surface area contributed by atoms with Gasteiger partial charge >= 0.3 is 0 Å². The van der Waals surface area contributed by atoms with Crippen LogP contribution in [-0.2, 0) is 131 Å². The Morgan fingerprint density at radius 3 is 0.714 bits per heavy atom. The van der Waals surface area contributed by atoms with Crippen molar-refractivity contribution in [2.75, 3.05) is 0 Å². The van der Waals surface area contributed by atoms with Gasteiger partial charge in [-0.3, -0.25) is 0 Å². The van der Waals surface area contributed by atoms with Crippen LogP contribution in [0.15, 0.2) is 0 Å². The van der Waals surface area contributed by atoms with Gasteiger partial charge in [0.05, 0.1) is 0 Å². The fourth-order valence-electron chi connectivity index (χ4n) is 0. The van der Waals surface area contributed by atoms with Crippen molar-refractivity contribution in [3.05, 3.63) is 27.7 Å². The molecule has 0 saturated heterocycles. The molecule has 4 heteroatoms. The number of hydrogen-bond donors (Lipinski definition) is 0. The third-order valence-electron chi connectivity index (χ3n) is 0. The van der Waals surface area contributed by atoms with E-state index in [2.05, 4.69) is 27.7 Å². The molecular weight excluding hydrogens is 476 g/mol. The van der Waals surface area contributed by atoms with Crippen LogP contribution < -0.4 is 0 Å². The largest absolute Gasteiger partial charge is 0.346 e. The first kappa shape index (κ1) is 36.2. The smallest absolute Gasteiger partial charge is 0 e. The average molecular weight is 504 g/mol. The van der Waals surface area contributed by atoms with Gasteiger partial charge in [-0.2, -0.15) is 26.6 Å². The molecule has 4 radical (unpaired) electrons. The Bertz CT molecular complexity index is 36.3. The van der Waals surface area contributed by atoms with Crippen LogP contribution in [0.5, 0.6) is 0 Å². The Morgan fingerprint density at radius 1 is 0.714 bits per heavy atom. The van der Waals surface area contributed by atoms with Gasteiger partial charge < -0.3 is 27.7 Å². The molecule has 14 heavy (non-hydrogen) atoms. The monoisotopic (exact) mass is 504 g/mol. The molecule has 0 N–H and O–H groups in total. The van der Waals surface area contributed by atoms with Crippen LogP contribution in [0.1, 0.15) is 43.2 Å². The van der Waals surface area contributed by atoms with E-state index in [1.165, 1.54) is 0 Å². The third-order valence-corrected chi connectivity index (χ3v) is 0. The van der Waals surface area contributed by atoms with E-state index < -0.39 is 0 Å². The molecule has 0 heterocycles. The molecule has 0 nitrogen and oxygen atoms in total. The Balaban J connectivity index is -0.00000000857. The third kappa shape index (κ3) is 200. The van der Waals surface area contributed by atoms with Gasteiger partial charge in [0.1, 0.15) is 0 Å². The van der Waals surface area contributed by atoms with E-state index in [4.69, 9.17) is 2.74 Å². The van der Waals surface area contributed by atoms with E-state index >= 15 is 0 Å². The predicted octanol–water partition coefficient (Wildman–Crippen LogP) is 4.13. The fourth-order valence-corrected chi connectivity index (χ4v) is 0. The Labute approximate surface area is 197 Å². The fraction of sp³-hybridized carbons (Fsp3) is 0.600. The summed E-state index contributed by atoms with van der Waals surface area (Å²) in [5, 5.41) is 0. The molecule has 0 aromatic carbocycles. The maximum absolute atomic E-state index is 6.47. The van der Waals surface area contributed by atoms with E-state index in [9.17, 15) is 0 Å². The molecule has 2 atom stereocenters. The van der Waals surface area contributed by atoms with Crippen LogP contribution >= 0.6 is 0 Å². The second-order valence-electron chi connectivity index (χ2n) is 0.816. The second-order valence-corrected chi connectivity index (χ2v) is 0.816. The van der Waals surface area contributed by atoms with Crippen molar-refractivity contribution in [3.63, 3.8) is 0 Å². The molecule has 0 amide bonds. The van der Waals surface area contributed by atoms with Gasteiger partial charge in [-0.05, 0) is 2.74 Å². The van der Waals surface area contributed by atoms with Crippen LogP contribution in [0.4, 0.5) is 0 Å². The van der Waals surface area contributed by atoms with Gasteiger partial charge in [0, 0.05) is 131 Å². The number of rotatable bonds is 0. The molecule has 0 aliphatic rings. The van der Waals surface area contributed by atoms with Crippen molar-refractivity contribution in [1.29, 1.82) is 0 Å². The summed E-state index contributed by atoms with van der Waals surface area (Å²) < 4.78 is 12.9.